The molecule has 1 unspecified atom stereocenters. The van der Waals surface area contributed by atoms with Crippen molar-refractivity contribution in [3.05, 3.63) is 82.0 Å². The topological polar surface area (TPSA) is 84.9 Å². The first-order valence-electron chi connectivity index (χ1n) is 12.5. The summed E-state index contributed by atoms with van der Waals surface area (Å²) in [5.74, 6) is -0.358. The first-order valence-corrected chi connectivity index (χ1v) is 13.3. The van der Waals surface area contributed by atoms with Crippen LogP contribution in [0.1, 0.15) is 58.9 Å². The fourth-order valence-corrected chi connectivity index (χ4v) is 5.41. The number of thiophene rings is 1. The number of anilines is 1. The predicted octanol–water partition coefficient (Wildman–Crippen LogP) is 5.31. The fraction of sp³-hybridized carbons (Fsp3) is 0.345. The molecule has 0 saturated heterocycles. The summed E-state index contributed by atoms with van der Waals surface area (Å²) >= 11 is 1.49. The molecule has 2 aromatic carbocycles. The molecule has 4 rings (SSSR count). The third kappa shape index (κ3) is 6.57. The Morgan fingerprint density at radius 1 is 1.00 bits per heavy atom. The number of methoxy groups -OCH3 is 2. The van der Waals surface area contributed by atoms with Gasteiger partial charge >= 0.3 is 5.97 Å². The van der Waals surface area contributed by atoms with Gasteiger partial charge in [-0.3, -0.25) is 14.5 Å². The van der Waals surface area contributed by atoms with Crippen molar-refractivity contribution < 1.29 is 23.9 Å². The van der Waals surface area contributed by atoms with Gasteiger partial charge in [-0.05, 0) is 60.2 Å². The number of rotatable bonds is 9. The van der Waals surface area contributed by atoms with E-state index in [0.29, 0.717) is 22.6 Å². The van der Waals surface area contributed by atoms with E-state index >= 15 is 0 Å². The van der Waals surface area contributed by atoms with E-state index < -0.39 is 12.0 Å². The highest BCUT2D eigenvalue weighted by molar-refractivity contribution is 7.10. The Morgan fingerprint density at radius 2 is 1.76 bits per heavy atom. The van der Waals surface area contributed by atoms with Gasteiger partial charge in [0, 0.05) is 16.6 Å². The van der Waals surface area contributed by atoms with Crippen LogP contribution in [0.5, 0.6) is 5.75 Å². The van der Waals surface area contributed by atoms with Crippen molar-refractivity contribution in [1.29, 1.82) is 0 Å². The monoisotopic (exact) mass is 520 g/mol. The fourth-order valence-electron chi connectivity index (χ4n) is 4.72. The van der Waals surface area contributed by atoms with Gasteiger partial charge in [0.25, 0.3) is 0 Å². The molecule has 1 saturated carbocycles. The lowest BCUT2D eigenvalue weighted by atomic mass is 9.94. The van der Waals surface area contributed by atoms with Gasteiger partial charge in [-0.1, -0.05) is 43.5 Å². The van der Waals surface area contributed by atoms with Crippen molar-refractivity contribution in [1.82, 2.24) is 5.32 Å². The number of hydrogen-bond acceptors (Lipinski definition) is 6. The zero-order valence-corrected chi connectivity index (χ0v) is 22.0. The minimum absolute atomic E-state index is 0.0673. The Hall–Kier alpha value is -3.65. The summed E-state index contributed by atoms with van der Waals surface area (Å²) in [6.45, 7) is 0. The highest BCUT2D eigenvalue weighted by Crippen LogP contribution is 2.32. The molecule has 3 aromatic rings. The molecule has 1 fully saturated rings. The minimum atomic E-state index is -0.937. The molecular formula is C29H32N2O5S. The molecule has 8 heteroatoms. The van der Waals surface area contributed by atoms with Crippen LogP contribution < -0.4 is 15.0 Å². The van der Waals surface area contributed by atoms with E-state index in [0.717, 1.165) is 30.6 Å². The molecular weight excluding hydrogens is 488 g/mol. The van der Waals surface area contributed by atoms with Gasteiger partial charge in [-0.15, -0.1) is 11.3 Å². The van der Waals surface area contributed by atoms with Crippen molar-refractivity contribution in [3.8, 4) is 5.75 Å². The van der Waals surface area contributed by atoms with Gasteiger partial charge < -0.3 is 14.8 Å². The molecule has 0 bridgehead atoms. The van der Waals surface area contributed by atoms with E-state index in [4.69, 9.17) is 9.47 Å². The Balaban J connectivity index is 1.78. The summed E-state index contributed by atoms with van der Waals surface area (Å²) in [6, 6.07) is 16.8. The number of hydrogen-bond donors (Lipinski definition) is 1. The van der Waals surface area contributed by atoms with Crippen molar-refractivity contribution in [2.45, 2.75) is 50.6 Å². The zero-order valence-electron chi connectivity index (χ0n) is 21.1. The summed E-state index contributed by atoms with van der Waals surface area (Å²) in [7, 11) is 2.89. The van der Waals surface area contributed by atoms with Crippen LogP contribution in [-0.2, 0) is 20.7 Å². The first kappa shape index (κ1) is 26.4. The molecule has 7 nitrogen and oxygen atoms in total. The van der Waals surface area contributed by atoms with Crippen LogP contribution in [0.15, 0.2) is 66.0 Å². The largest absolute Gasteiger partial charge is 0.497 e. The minimum Gasteiger partial charge on any atom is -0.497 e. The van der Waals surface area contributed by atoms with Gasteiger partial charge in [0.2, 0.25) is 11.8 Å². The van der Waals surface area contributed by atoms with Crippen molar-refractivity contribution in [2.75, 3.05) is 19.1 Å². The van der Waals surface area contributed by atoms with E-state index in [1.165, 1.54) is 29.8 Å². The van der Waals surface area contributed by atoms with E-state index in [-0.39, 0.29) is 24.3 Å². The van der Waals surface area contributed by atoms with Gasteiger partial charge in [-0.25, -0.2) is 4.79 Å². The number of benzene rings is 2. The number of carbonyl (C=O) groups excluding carboxylic acids is 3. The van der Waals surface area contributed by atoms with Gasteiger partial charge in [0.1, 0.15) is 11.8 Å². The second-order valence-electron chi connectivity index (χ2n) is 9.08. The average Bonchev–Trinajstić information content (AvgIpc) is 3.44. The summed E-state index contributed by atoms with van der Waals surface area (Å²) < 4.78 is 10.2. The second kappa shape index (κ2) is 12.5. The van der Waals surface area contributed by atoms with Crippen LogP contribution in [0.3, 0.4) is 0 Å². The molecule has 194 valence electrons. The number of amides is 2. The number of carbonyl (C=O) groups is 3. The van der Waals surface area contributed by atoms with Crippen LogP contribution >= 0.6 is 11.3 Å². The molecule has 37 heavy (non-hydrogen) atoms. The van der Waals surface area contributed by atoms with Crippen LogP contribution in [0.4, 0.5) is 5.69 Å². The maximum atomic E-state index is 13.9. The highest BCUT2D eigenvalue weighted by Gasteiger charge is 2.34. The van der Waals surface area contributed by atoms with Crippen molar-refractivity contribution in [2.24, 2.45) is 0 Å². The molecule has 0 radical (unpaired) electrons. The molecule has 1 aliphatic carbocycles. The first-order chi connectivity index (χ1) is 18.0. The predicted molar refractivity (Wildman–Crippen MR) is 144 cm³/mol. The molecule has 1 N–H and O–H groups in total. The molecule has 0 aliphatic heterocycles. The number of nitrogens with zero attached hydrogens (tertiary/aromatic N) is 1. The van der Waals surface area contributed by atoms with Gasteiger partial charge in [-0.2, -0.15) is 0 Å². The number of nitrogens with one attached hydrogen (secondary N) is 1. The Bertz CT molecular complexity index is 1200. The van der Waals surface area contributed by atoms with E-state index in [1.807, 2.05) is 17.5 Å². The van der Waals surface area contributed by atoms with E-state index in [2.05, 4.69) is 5.32 Å². The summed E-state index contributed by atoms with van der Waals surface area (Å²) in [6.07, 6.45) is 5.27. The SMILES string of the molecule is COC(=O)c1cccc(N(C(=O)Cc2cccs2)C(C(=O)NC2CCCCC2)c2ccc(OC)cc2)c1. The molecule has 1 aromatic heterocycles. The van der Waals surface area contributed by atoms with Crippen LogP contribution in [-0.4, -0.2) is 38.0 Å². The third-order valence-electron chi connectivity index (χ3n) is 6.61. The van der Waals surface area contributed by atoms with Gasteiger partial charge in [0.15, 0.2) is 0 Å². The lowest BCUT2D eigenvalue weighted by molar-refractivity contribution is -0.127. The number of ether oxygens (including phenoxy) is 2. The quantitative estimate of drug-likeness (QED) is 0.387. The molecule has 1 atom stereocenters. The lowest BCUT2D eigenvalue weighted by Crippen LogP contribution is -2.47. The van der Waals surface area contributed by atoms with E-state index in [9.17, 15) is 14.4 Å². The normalized spacial score (nSPS) is 14.4. The van der Waals surface area contributed by atoms with Crippen LogP contribution in [0.25, 0.3) is 0 Å². The van der Waals surface area contributed by atoms with Crippen molar-refractivity contribution >= 4 is 34.8 Å². The molecule has 2 amide bonds. The second-order valence-corrected chi connectivity index (χ2v) is 10.1. The smallest absolute Gasteiger partial charge is 0.337 e. The maximum absolute atomic E-state index is 13.9. The number of esters is 1. The van der Waals surface area contributed by atoms with Gasteiger partial charge in [0.05, 0.1) is 26.2 Å². The Labute approximate surface area is 221 Å². The summed E-state index contributed by atoms with van der Waals surface area (Å²) in [5, 5.41) is 5.12. The summed E-state index contributed by atoms with van der Waals surface area (Å²) in [4.78, 5) is 42.5. The zero-order chi connectivity index (χ0) is 26.2. The average molecular weight is 521 g/mol. The Kier molecular flexibility index (Phi) is 8.95. The van der Waals surface area contributed by atoms with Crippen molar-refractivity contribution in [3.63, 3.8) is 0 Å². The molecule has 0 spiro atoms. The van der Waals surface area contributed by atoms with Crippen LogP contribution in [0.2, 0.25) is 0 Å². The maximum Gasteiger partial charge on any atom is 0.337 e. The van der Waals surface area contributed by atoms with E-state index in [1.54, 1.807) is 55.6 Å². The summed E-state index contributed by atoms with van der Waals surface area (Å²) in [5.41, 5.74) is 1.40. The highest BCUT2D eigenvalue weighted by atomic mass is 32.1. The standard InChI is InChI=1S/C29H32N2O5S/c1-35-24-15-13-20(14-16-24)27(28(33)30-22-9-4-3-5-10-22)31(26(32)19-25-12-7-17-37-25)23-11-6-8-21(18-23)29(34)36-2/h6-8,11-18,22,27H,3-5,9-10,19H2,1-2H3,(H,30,33). The third-order valence-corrected chi connectivity index (χ3v) is 7.49. The Morgan fingerprint density at radius 3 is 2.41 bits per heavy atom. The lowest BCUT2D eigenvalue weighted by Gasteiger charge is -2.33. The van der Waals surface area contributed by atoms with Crippen LogP contribution in [0, 0.1) is 0 Å². The molecule has 1 aliphatic rings. The molecule has 1 heterocycles.